The van der Waals surface area contributed by atoms with Gasteiger partial charge < -0.3 is 0 Å². The highest BCUT2D eigenvalue weighted by atomic mass is 15.0. The van der Waals surface area contributed by atoms with Gasteiger partial charge in [0.1, 0.15) is 0 Å². The first-order valence-corrected chi connectivity index (χ1v) is 24.2. The molecule has 0 saturated carbocycles. The van der Waals surface area contributed by atoms with Crippen molar-refractivity contribution in [3.63, 3.8) is 0 Å². The van der Waals surface area contributed by atoms with Crippen molar-refractivity contribution in [1.82, 2.24) is 15.0 Å². The van der Waals surface area contributed by atoms with Gasteiger partial charge in [0.2, 0.25) is 0 Å². The van der Waals surface area contributed by atoms with Crippen molar-refractivity contribution in [2.24, 2.45) is 0 Å². The molecule has 0 bridgehead atoms. The predicted octanol–water partition coefficient (Wildman–Crippen LogP) is 17.7. The Morgan fingerprint density at radius 3 is 1.31 bits per heavy atom. The zero-order valence-electron chi connectivity index (χ0n) is 39.0. The third-order valence-corrected chi connectivity index (χ3v) is 14.0. The second-order valence-corrected chi connectivity index (χ2v) is 18.2. The van der Waals surface area contributed by atoms with Crippen LogP contribution in [0.1, 0.15) is 5.56 Å². The summed E-state index contributed by atoms with van der Waals surface area (Å²) >= 11 is 0. The van der Waals surface area contributed by atoms with Gasteiger partial charge in [-0.15, -0.1) is 0 Å². The lowest BCUT2D eigenvalue weighted by Gasteiger charge is -2.16. The summed E-state index contributed by atoms with van der Waals surface area (Å²) in [5.74, 6) is 1.80. The van der Waals surface area contributed by atoms with Crippen molar-refractivity contribution in [2.45, 2.75) is 0 Å². The highest BCUT2D eigenvalue weighted by Crippen LogP contribution is 2.42. The molecule has 0 aliphatic rings. The standard InChI is InChI=1S/C68H42N4/c69-43-52-37-36-49(41-64(52)58-26-9-8-25-57(58)50-38-39-63-61-29-11-10-27-59(61)60-28-12-13-30-62(60)65(63)42-50)56-24-7-6-23-55(56)48-20-14-21-51(40-48)68-71-66(46-17-2-1-3-18-46)70-67(72-68)47-34-32-45(33-35-47)54-31-15-19-44-16-4-5-22-53(44)54/h1-42H. The van der Waals surface area contributed by atoms with Gasteiger partial charge in [-0.05, 0) is 117 Å². The van der Waals surface area contributed by atoms with Crippen LogP contribution < -0.4 is 0 Å². The summed E-state index contributed by atoms with van der Waals surface area (Å²) in [6.45, 7) is 0. The molecule has 0 aliphatic heterocycles. The van der Waals surface area contributed by atoms with Crippen molar-refractivity contribution in [3.05, 3.63) is 260 Å². The lowest BCUT2D eigenvalue weighted by Crippen LogP contribution is -2.00. The molecule has 0 saturated heterocycles. The summed E-state index contributed by atoms with van der Waals surface area (Å²) in [6, 6.07) is 91.8. The highest BCUT2D eigenvalue weighted by molar-refractivity contribution is 6.25. The van der Waals surface area contributed by atoms with Crippen molar-refractivity contribution >= 4 is 43.1 Å². The Hall–Kier alpha value is -9.82. The van der Waals surface area contributed by atoms with Crippen LogP contribution in [0.4, 0.5) is 0 Å². The average Bonchev–Trinajstić information content (AvgIpc) is 3.47. The maximum absolute atomic E-state index is 10.6. The molecule has 1 aromatic heterocycles. The van der Waals surface area contributed by atoms with Crippen LogP contribution in [0.3, 0.4) is 0 Å². The van der Waals surface area contributed by atoms with E-state index in [0.29, 0.717) is 23.0 Å². The summed E-state index contributed by atoms with van der Waals surface area (Å²) in [4.78, 5) is 15.3. The average molecular weight is 915 g/mol. The second-order valence-electron chi connectivity index (χ2n) is 18.2. The summed E-state index contributed by atoms with van der Waals surface area (Å²) in [6.07, 6.45) is 0. The molecule has 0 unspecified atom stereocenters. The molecule has 12 aromatic carbocycles. The largest absolute Gasteiger partial charge is 0.208 e. The molecule has 0 N–H and O–H groups in total. The Labute approximate surface area is 417 Å². The summed E-state index contributed by atoms with van der Waals surface area (Å²) in [5.41, 5.74) is 13.8. The van der Waals surface area contributed by atoms with Gasteiger partial charge in [0.25, 0.3) is 0 Å². The van der Waals surface area contributed by atoms with E-state index >= 15 is 0 Å². The van der Waals surface area contributed by atoms with Crippen molar-refractivity contribution in [2.75, 3.05) is 0 Å². The van der Waals surface area contributed by atoms with Crippen LogP contribution in [0.2, 0.25) is 0 Å². The van der Waals surface area contributed by atoms with E-state index in [9.17, 15) is 5.26 Å². The topological polar surface area (TPSA) is 62.5 Å². The monoisotopic (exact) mass is 914 g/mol. The van der Waals surface area contributed by atoms with Crippen LogP contribution in [0.15, 0.2) is 255 Å². The number of nitriles is 1. The number of rotatable bonds is 8. The molecule has 72 heavy (non-hydrogen) atoms. The number of benzene rings is 12. The second kappa shape index (κ2) is 17.9. The first-order valence-electron chi connectivity index (χ1n) is 24.2. The summed E-state index contributed by atoms with van der Waals surface area (Å²) in [5, 5.41) is 20.5. The number of hydrogen-bond acceptors (Lipinski definition) is 4. The normalized spacial score (nSPS) is 11.3. The first-order chi connectivity index (χ1) is 35.6. The highest BCUT2D eigenvalue weighted by Gasteiger charge is 2.18. The molecule has 0 radical (unpaired) electrons. The molecule has 13 rings (SSSR count). The van der Waals surface area contributed by atoms with Crippen LogP contribution in [0.5, 0.6) is 0 Å². The van der Waals surface area contributed by atoms with E-state index in [2.05, 4.69) is 224 Å². The van der Waals surface area contributed by atoms with Crippen molar-refractivity contribution in [1.29, 1.82) is 5.26 Å². The smallest absolute Gasteiger partial charge is 0.164 e. The Morgan fingerprint density at radius 1 is 0.236 bits per heavy atom. The number of hydrogen-bond donors (Lipinski definition) is 0. The van der Waals surface area contributed by atoms with E-state index in [1.807, 2.05) is 36.4 Å². The molecule has 0 spiro atoms. The lowest BCUT2D eigenvalue weighted by molar-refractivity contribution is 1.07. The van der Waals surface area contributed by atoms with Crippen LogP contribution in [-0.2, 0) is 0 Å². The van der Waals surface area contributed by atoms with Gasteiger partial charge in [0.15, 0.2) is 17.5 Å². The van der Waals surface area contributed by atoms with Gasteiger partial charge in [-0.1, -0.05) is 231 Å². The third-order valence-electron chi connectivity index (χ3n) is 14.0. The minimum atomic E-state index is 0.587. The zero-order valence-corrected chi connectivity index (χ0v) is 39.0. The molecule has 1 heterocycles. The Morgan fingerprint density at radius 2 is 0.639 bits per heavy atom. The molecular formula is C68H42N4. The predicted molar refractivity (Wildman–Crippen MR) is 298 cm³/mol. The van der Waals surface area contributed by atoms with Gasteiger partial charge >= 0.3 is 0 Å². The van der Waals surface area contributed by atoms with Gasteiger partial charge in [-0.3, -0.25) is 0 Å². The fourth-order valence-corrected chi connectivity index (χ4v) is 10.5. The van der Waals surface area contributed by atoms with Gasteiger partial charge in [0.05, 0.1) is 11.6 Å². The third kappa shape index (κ3) is 7.54. The molecule has 0 fully saturated rings. The maximum Gasteiger partial charge on any atom is 0.164 e. The van der Waals surface area contributed by atoms with Crippen molar-refractivity contribution in [3.8, 4) is 95.9 Å². The Kier molecular flexibility index (Phi) is 10.5. The zero-order chi connectivity index (χ0) is 48.0. The Balaban J connectivity index is 0.887. The maximum atomic E-state index is 10.6. The minimum Gasteiger partial charge on any atom is -0.208 e. The molecular weight excluding hydrogens is 873 g/mol. The van der Waals surface area contributed by atoms with E-state index in [1.165, 1.54) is 48.7 Å². The van der Waals surface area contributed by atoms with Crippen LogP contribution >= 0.6 is 0 Å². The minimum absolute atomic E-state index is 0.587. The van der Waals surface area contributed by atoms with E-state index in [0.717, 1.165) is 66.8 Å². The van der Waals surface area contributed by atoms with E-state index in [1.54, 1.807) is 0 Å². The van der Waals surface area contributed by atoms with Gasteiger partial charge in [0, 0.05) is 22.3 Å². The van der Waals surface area contributed by atoms with E-state index in [4.69, 9.17) is 15.0 Å². The van der Waals surface area contributed by atoms with Gasteiger partial charge in [-0.2, -0.15) is 5.26 Å². The fraction of sp³-hybridized carbons (Fsp3) is 0. The Bertz CT molecular complexity index is 4240. The number of nitrogens with zero attached hydrogens (tertiary/aromatic N) is 4. The molecule has 0 amide bonds. The van der Waals surface area contributed by atoms with Crippen LogP contribution in [-0.4, -0.2) is 15.0 Å². The lowest BCUT2D eigenvalue weighted by atomic mass is 9.87. The van der Waals surface area contributed by atoms with Crippen LogP contribution in [0.25, 0.3) is 133 Å². The fourth-order valence-electron chi connectivity index (χ4n) is 10.5. The molecule has 4 heteroatoms. The quantitative estimate of drug-likeness (QED) is 0.143. The summed E-state index contributed by atoms with van der Waals surface area (Å²) < 4.78 is 0. The molecule has 0 atom stereocenters. The van der Waals surface area contributed by atoms with Gasteiger partial charge in [-0.25, -0.2) is 15.0 Å². The SMILES string of the molecule is N#Cc1ccc(-c2ccccc2-c2cccc(-c3nc(-c4ccccc4)nc(-c4ccc(-c5cccc6ccccc56)cc4)n3)c2)cc1-c1ccccc1-c1ccc2c3ccccc3c3ccccc3c2c1. The molecule has 0 aliphatic carbocycles. The number of fused-ring (bicyclic) bond motifs is 7. The summed E-state index contributed by atoms with van der Waals surface area (Å²) in [7, 11) is 0. The molecule has 4 nitrogen and oxygen atoms in total. The first kappa shape index (κ1) is 42.3. The molecule has 13 aromatic rings. The number of aromatic nitrogens is 3. The van der Waals surface area contributed by atoms with Crippen LogP contribution in [0, 0.1) is 11.3 Å². The molecule has 334 valence electrons. The van der Waals surface area contributed by atoms with E-state index < -0.39 is 0 Å². The van der Waals surface area contributed by atoms with E-state index in [-0.39, 0.29) is 0 Å². The van der Waals surface area contributed by atoms with Crippen molar-refractivity contribution < 1.29 is 0 Å².